The number of hydrogen-bond donors (Lipinski definition) is 1. The fraction of sp³-hybridized carbons (Fsp3) is 0.409. The van der Waals surface area contributed by atoms with E-state index in [9.17, 15) is 14.0 Å². The van der Waals surface area contributed by atoms with Crippen LogP contribution in [0, 0.1) is 5.82 Å². The molecule has 154 valence electrons. The van der Waals surface area contributed by atoms with E-state index >= 15 is 0 Å². The molecule has 0 aliphatic carbocycles. The Hall–Kier alpha value is -2.96. The van der Waals surface area contributed by atoms with Crippen LogP contribution >= 0.6 is 0 Å². The van der Waals surface area contributed by atoms with Crippen molar-refractivity contribution in [3.8, 4) is 0 Å². The van der Waals surface area contributed by atoms with Gasteiger partial charge in [-0.25, -0.2) is 9.37 Å². The minimum atomic E-state index is -0.403. The quantitative estimate of drug-likeness (QED) is 0.844. The van der Waals surface area contributed by atoms with Crippen LogP contribution in [0.1, 0.15) is 24.1 Å². The summed E-state index contributed by atoms with van der Waals surface area (Å²) in [5.41, 5.74) is 1.29. The van der Waals surface area contributed by atoms with Gasteiger partial charge in [-0.1, -0.05) is 24.3 Å². The summed E-state index contributed by atoms with van der Waals surface area (Å²) in [6.45, 7) is 1.72. The van der Waals surface area contributed by atoms with Crippen LogP contribution in [0.3, 0.4) is 0 Å². The lowest BCUT2D eigenvalue weighted by Crippen LogP contribution is -2.43. The van der Waals surface area contributed by atoms with Crippen LogP contribution < -0.4 is 5.32 Å². The van der Waals surface area contributed by atoms with Crippen LogP contribution in [0.2, 0.25) is 0 Å². The second kappa shape index (κ2) is 10.0. The SMILES string of the molecule is CN1CCCNc2cccc(n2)CCCN(C(=O)Cc2ccccc2F)CC1=O. The first-order valence-electron chi connectivity index (χ1n) is 9.98. The van der Waals surface area contributed by atoms with Crippen molar-refractivity contribution >= 4 is 17.6 Å². The molecule has 7 heteroatoms. The molecule has 6 nitrogen and oxygen atoms in total. The van der Waals surface area contributed by atoms with E-state index in [1.54, 1.807) is 35.0 Å². The summed E-state index contributed by atoms with van der Waals surface area (Å²) in [5.74, 6) is 0.0637. The number of nitrogens with zero attached hydrogens (tertiary/aromatic N) is 3. The van der Waals surface area contributed by atoms with Crippen LogP contribution in [-0.2, 0) is 22.4 Å². The van der Waals surface area contributed by atoms with Gasteiger partial charge in [0.2, 0.25) is 11.8 Å². The average Bonchev–Trinajstić information content (AvgIpc) is 2.71. The topological polar surface area (TPSA) is 65.5 Å². The molecule has 0 atom stereocenters. The minimum Gasteiger partial charge on any atom is -0.370 e. The van der Waals surface area contributed by atoms with Crippen molar-refractivity contribution < 1.29 is 14.0 Å². The Kier molecular flexibility index (Phi) is 7.16. The number of pyridine rings is 1. The highest BCUT2D eigenvalue weighted by Gasteiger charge is 2.21. The predicted octanol–water partition coefficient (Wildman–Crippen LogP) is 2.50. The molecule has 0 radical (unpaired) electrons. The number of rotatable bonds is 2. The molecule has 1 aromatic heterocycles. The van der Waals surface area contributed by atoms with Crippen molar-refractivity contribution in [2.75, 3.05) is 38.5 Å². The van der Waals surface area contributed by atoms with Crippen molar-refractivity contribution in [2.45, 2.75) is 25.7 Å². The molecule has 1 aliphatic rings. The van der Waals surface area contributed by atoms with E-state index in [-0.39, 0.29) is 24.8 Å². The highest BCUT2D eigenvalue weighted by Crippen LogP contribution is 2.12. The van der Waals surface area contributed by atoms with Gasteiger partial charge < -0.3 is 15.1 Å². The third-order valence-corrected chi connectivity index (χ3v) is 5.05. The molecule has 0 saturated heterocycles. The smallest absolute Gasteiger partial charge is 0.241 e. The highest BCUT2D eigenvalue weighted by atomic mass is 19.1. The summed E-state index contributed by atoms with van der Waals surface area (Å²) in [6.07, 6.45) is 2.10. The van der Waals surface area contributed by atoms with Crippen LogP contribution in [0.5, 0.6) is 0 Å². The van der Waals surface area contributed by atoms with Gasteiger partial charge >= 0.3 is 0 Å². The second-order valence-electron chi connectivity index (χ2n) is 7.30. The molecule has 2 heterocycles. The number of likely N-dealkylation sites (N-methyl/N-ethyl adjacent to an activating group) is 1. The number of hydrogen-bond acceptors (Lipinski definition) is 4. The maximum atomic E-state index is 14.0. The van der Waals surface area contributed by atoms with Gasteiger partial charge in [-0.15, -0.1) is 0 Å². The monoisotopic (exact) mass is 398 g/mol. The Morgan fingerprint density at radius 1 is 1.14 bits per heavy atom. The van der Waals surface area contributed by atoms with Gasteiger partial charge in [0.1, 0.15) is 11.6 Å². The molecule has 3 rings (SSSR count). The molecular weight excluding hydrogens is 371 g/mol. The zero-order valence-corrected chi connectivity index (χ0v) is 16.7. The summed E-state index contributed by atoms with van der Waals surface area (Å²) in [6, 6.07) is 12.1. The highest BCUT2D eigenvalue weighted by molar-refractivity contribution is 5.85. The summed E-state index contributed by atoms with van der Waals surface area (Å²) >= 11 is 0. The lowest BCUT2D eigenvalue weighted by Gasteiger charge is -2.26. The van der Waals surface area contributed by atoms with E-state index in [0.717, 1.165) is 17.9 Å². The number of carbonyl (C=O) groups excluding carboxylic acids is 2. The molecule has 0 spiro atoms. The first kappa shape index (κ1) is 20.8. The van der Waals surface area contributed by atoms with Crippen molar-refractivity contribution in [1.29, 1.82) is 0 Å². The number of benzene rings is 1. The average molecular weight is 398 g/mol. The Balaban J connectivity index is 1.74. The number of nitrogens with one attached hydrogen (secondary N) is 1. The molecular formula is C22H27FN4O2. The molecule has 1 aliphatic heterocycles. The second-order valence-corrected chi connectivity index (χ2v) is 7.30. The first-order chi connectivity index (χ1) is 14.0. The number of aromatic nitrogens is 1. The van der Waals surface area contributed by atoms with Crippen molar-refractivity contribution in [1.82, 2.24) is 14.8 Å². The fourth-order valence-corrected chi connectivity index (χ4v) is 3.32. The third-order valence-electron chi connectivity index (χ3n) is 5.05. The zero-order chi connectivity index (χ0) is 20.6. The summed E-state index contributed by atoms with van der Waals surface area (Å²) in [4.78, 5) is 33.2. The molecule has 0 fully saturated rings. The number of amides is 2. The van der Waals surface area contributed by atoms with Crippen LogP contribution in [0.25, 0.3) is 0 Å². The Morgan fingerprint density at radius 3 is 2.79 bits per heavy atom. The van der Waals surface area contributed by atoms with Gasteiger partial charge in [-0.2, -0.15) is 0 Å². The summed E-state index contributed by atoms with van der Waals surface area (Å²) in [5, 5.41) is 3.28. The number of fused-ring (bicyclic) bond motifs is 2. The van der Waals surface area contributed by atoms with Gasteiger partial charge in [0.15, 0.2) is 0 Å². The van der Waals surface area contributed by atoms with E-state index in [1.165, 1.54) is 6.07 Å². The van der Waals surface area contributed by atoms with Crippen molar-refractivity contribution in [2.24, 2.45) is 0 Å². The summed E-state index contributed by atoms with van der Waals surface area (Å²) < 4.78 is 14.0. The molecule has 2 amide bonds. The largest absolute Gasteiger partial charge is 0.370 e. The summed E-state index contributed by atoms with van der Waals surface area (Å²) in [7, 11) is 1.74. The van der Waals surface area contributed by atoms with Gasteiger partial charge in [-0.05, 0) is 43.0 Å². The molecule has 1 N–H and O–H groups in total. The molecule has 2 aromatic rings. The van der Waals surface area contributed by atoms with Crippen molar-refractivity contribution in [3.05, 3.63) is 59.5 Å². The van der Waals surface area contributed by atoms with Gasteiger partial charge in [-0.3, -0.25) is 9.59 Å². The molecule has 0 saturated carbocycles. The molecule has 1 aromatic carbocycles. The Morgan fingerprint density at radius 2 is 1.97 bits per heavy atom. The predicted molar refractivity (Wildman–Crippen MR) is 110 cm³/mol. The number of carbonyl (C=O) groups is 2. The molecule has 0 unspecified atom stereocenters. The number of anilines is 1. The van der Waals surface area contributed by atoms with Crippen LogP contribution in [0.15, 0.2) is 42.5 Å². The normalized spacial score (nSPS) is 16.1. The lowest BCUT2D eigenvalue weighted by atomic mass is 10.1. The standard InChI is InChI=1S/C22H27FN4O2/c1-26-13-6-12-24-20-11-4-8-18(25-20)9-5-14-27(16-22(26)29)21(28)15-17-7-2-3-10-19(17)23/h2-4,7-8,10-11H,5-6,9,12-16H2,1H3,(H,24,25). The van der Waals surface area contributed by atoms with E-state index in [0.29, 0.717) is 38.0 Å². The van der Waals surface area contributed by atoms with E-state index < -0.39 is 5.82 Å². The first-order valence-corrected chi connectivity index (χ1v) is 9.98. The van der Waals surface area contributed by atoms with E-state index in [1.807, 2.05) is 18.2 Å². The molecule has 29 heavy (non-hydrogen) atoms. The van der Waals surface area contributed by atoms with E-state index in [2.05, 4.69) is 10.3 Å². The number of halogens is 1. The van der Waals surface area contributed by atoms with Crippen molar-refractivity contribution in [3.63, 3.8) is 0 Å². The fourth-order valence-electron chi connectivity index (χ4n) is 3.32. The van der Waals surface area contributed by atoms with E-state index in [4.69, 9.17) is 0 Å². The van der Waals surface area contributed by atoms with Crippen LogP contribution in [0.4, 0.5) is 10.2 Å². The lowest BCUT2D eigenvalue weighted by molar-refractivity contribution is -0.139. The van der Waals surface area contributed by atoms with Gasteiger partial charge in [0.25, 0.3) is 0 Å². The molecule has 2 bridgehead atoms. The number of aryl methyl sites for hydroxylation is 1. The minimum absolute atomic E-state index is 0.00465. The maximum Gasteiger partial charge on any atom is 0.241 e. The van der Waals surface area contributed by atoms with Gasteiger partial charge in [0, 0.05) is 32.4 Å². The van der Waals surface area contributed by atoms with Gasteiger partial charge in [0.05, 0.1) is 13.0 Å². The maximum absolute atomic E-state index is 14.0. The Labute approximate surface area is 170 Å². The Bertz CT molecular complexity index is 858. The van der Waals surface area contributed by atoms with Crippen LogP contribution in [-0.4, -0.2) is 59.8 Å². The zero-order valence-electron chi connectivity index (χ0n) is 16.7. The third kappa shape index (κ3) is 6.01.